The molecule has 0 spiro atoms. The van der Waals surface area contributed by atoms with Gasteiger partial charge in [-0.25, -0.2) is 0 Å². The van der Waals surface area contributed by atoms with Crippen molar-refractivity contribution >= 4 is 5.91 Å². The van der Waals surface area contributed by atoms with Crippen LogP contribution in [0.2, 0.25) is 0 Å². The van der Waals surface area contributed by atoms with Crippen LogP contribution in [0.5, 0.6) is 0 Å². The molecule has 0 bridgehead atoms. The number of carbonyl (C=O) groups is 1. The molecule has 0 radical (unpaired) electrons. The molecule has 1 unspecified atom stereocenters. The maximum Gasteiger partial charge on any atom is 0.254 e. The molecule has 5 aromatic carbocycles. The molecular weight excluding hydrogens is 789 g/mol. The number of rotatable bonds is 15. The Morgan fingerprint density at radius 1 is 0.710 bits per heavy atom. The number of hydrogen-bond donors (Lipinski definition) is 0. The normalized spacial score (nSPS) is 29.3. The molecule has 0 N–H and O–H groups in total. The van der Waals surface area contributed by atoms with Crippen molar-refractivity contribution in [2.24, 2.45) is 5.11 Å². The first-order chi connectivity index (χ1) is 30.5. The van der Waals surface area contributed by atoms with Gasteiger partial charge in [0.25, 0.3) is 5.91 Å². The number of azide groups is 1. The van der Waals surface area contributed by atoms with Gasteiger partial charge < -0.3 is 42.8 Å². The average molecular weight is 839 g/mol. The number of nitrogens with zero attached hydrogens (tertiary/aromatic N) is 4. The average Bonchev–Trinajstić information content (AvgIpc) is 3.65. The van der Waals surface area contributed by atoms with E-state index in [1.54, 1.807) is 4.90 Å². The molecule has 62 heavy (non-hydrogen) atoms. The number of ether oxygens (including phenoxy) is 8. The van der Waals surface area contributed by atoms with Crippen molar-refractivity contribution in [2.75, 3.05) is 13.2 Å². The van der Waals surface area contributed by atoms with Crippen molar-refractivity contribution in [3.05, 3.63) is 189 Å². The van der Waals surface area contributed by atoms with Gasteiger partial charge >= 0.3 is 0 Å². The Kier molecular flexibility index (Phi) is 13.3. The summed E-state index contributed by atoms with van der Waals surface area (Å²) in [4.78, 5) is 19.4. The van der Waals surface area contributed by atoms with E-state index in [1.165, 1.54) is 0 Å². The number of amides is 1. The first-order valence-corrected chi connectivity index (χ1v) is 21.2. The van der Waals surface area contributed by atoms with E-state index in [-0.39, 0.29) is 32.3 Å². The van der Waals surface area contributed by atoms with E-state index in [9.17, 15) is 10.3 Å². The highest BCUT2D eigenvalue weighted by Gasteiger charge is 2.56. The highest BCUT2D eigenvalue weighted by atomic mass is 16.7. The van der Waals surface area contributed by atoms with E-state index in [0.717, 1.165) is 27.8 Å². The Labute approximate surface area is 361 Å². The van der Waals surface area contributed by atoms with Gasteiger partial charge in [0, 0.05) is 22.6 Å². The van der Waals surface area contributed by atoms with Crippen LogP contribution in [0.15, 0.2) is 151 Å². The van der Waals surface area contributed by atoms with E-state index >= 15 is 0 Å². The standard InChI is InChI=1S/C49H50N4O9/c1-32-42(53-26-37-24-14-15-25-38(37)47(53)54)46(44-40(59-32)31-58-48(61-44)36-22-12-5-13-23-36)62-49-41(51-52-50)45(57-29-35-20-10-4-11-21-35)43(56-28-34-18-8-3-9-19-34)39(60-49)30-55-27-33-16-6-2-7-17-33/h2-25,32,39-46,48-49H,26-31H2,1H3/t32-,39+,40+,41+,42-,43+,44+,45+,46+,48?,49-/m0/s1. The summed E-state index contributed by atoms with van der Waals surface area (Å²) >= 11 is 0. The minimum absolute atomic E-state index is 0.0996. The molecule has 0 saturated carbocycles. The summed E-state index contributed by atoms with van der Waals surface area (Å²) in [5.41, 5.74) is 15.5. The number of fused-ring (bicyclic) bond motifs is 2. The molecule has 0 aromatic heterocycles. The fourth-order valence-corrected chi connectivity index (χ4v) is 8.93. The zero-order chi connectivity index (χ0) is 42.3. The lowest BCUT2D eigenvalue weighted by molar-refractivity contribution is -0.356. The molecule has 11 atom stereocenters. The van der Waals surface area contributed by atoms with Crippen molar-refractivity contribution in [1.82, 2.24) is 4.90 Å². The summed E-state index contributed by atoms with van der Waals surface area (Å²) in [6.07, 6.45) is -6.96. The van der Waals surface area contributed by atoms with E-state index < -0.39 is 67.4 Å². The predicted octanol–water partition coefficient (Wildman–Crippen LogP) is 8.09. The maximum atomic E-state index is 14.3. The van der Waals surface area contributed by atoms with E-state index in [1.807, 2.05) is 153 Å². The van der Waals surface area contributed by atoms with Gasteiger partial charge in [-0.15, -0.1) is 0 Å². The van der Waals surface area contributed by atoms with Gasteiger partial charge in [-0.05, 0) is 40.8 Å². The van der Waals surface area contributed by atoms with Gasteiger partial charge in [0.1, 0.15) is 42.7 Å². The topological polar surface area (TPSA) is 143 Å². The van der Waals surface area contributed by atoms with Crippen molar-refractivity contribution in [2.45, 2.75) is 101 Å². The lowest BCUT2D eigenvalue weighted by Crippen LogP contribution is -2.68. The fraction of sp³-hybridized carbons (Fsp3) is 0.367. The second-order valence-electron chi connectivity index (χ2n) is 16.0. The third-order valence-corrected chi connectivity index (χ3v) is 11.9. The van der Waals surface area contributed by atoms with Gasteiger partial charge in [-0.1, -0.05) is 145 Å². The van der Waals surface area contributed by atoms with Crippen LogP contribution in [0.4, 0.5) is 0 Å². The minimum Gasteiger partial charge on any atom is -0.374 e. The number of carbonyl (C=O) groups excluding carboxylic acids is 1. The zero-order valence-corrected chi connectivity index (χ0v) is 34.4. The molecule has 4 aliphatic heterocycles. The molecule has 0 aliphatic carbocycles. The highest BCUT2D eigenvalue weighted by molar-refractivity contribution is 5.98. The monoisotopic (exact) mass is 838 g/mol. The molecule has 3 fully saturated rings. The molecule has 320 valence electrons. The lowest BCUT2D eigenvalue weighted by atomic mass is 9.90. The summed E-state index contributed by atoms with van der Waals surface area (Å²) < 4.78 is 53.8. The molecule has 13 heteroatoms. The van der Waals surface area contributed by atoms with E-state index in [2.05, 4.69) is 10.0 Å². The Morgan fingerprint density at radius 3 is 1.95 bits per heavy atom. The second kappa shape index (κ2) is 19.7. The highest BCUT2D eigenvalue weighted by Crippen LogP contribution is 2.41. The molecule has 9 rings (SSSR count). The summed E-state index contributed by atoms with van der Waals surface area (Å²) in [5, 5.41) is 4.35. The molecule has 4 heterocycles. The fourth-order valence-electron chi connectivity index (χ4n) is 8.93. The molecule has 1 amide bonds. The van der Waals surface area contributed by atoms with Gasteiger partial charge in [-0.2, -0.15) is 0 Å². The Morgan fingerprint density at radius 2 is 1.31 bits per heavy atom. The van der Waals surface area contributed by atoms with Crippen LogP contribution in [0.1, 0.15) is 51.4 Å². The molecular formula is C49H50N4O9. The van der Waals surface area contributed by atoms with Gasteiger partial charge in [0.05, 0.1) is 45.2 Å². The Hall–Kier alpha value is -5.44. The Bertz CT molecular complexity index is 2270. The first kappa shape index (κ1) is 41.9. The Balaban J connectivity index is 1.09. The van der Waals surface area contributed by atoms with Crippen LogP contribution in [0.25, 0.3) is 10.4 Å². The smallest absolute Gasteiger partial charge is 0.254 e. The zero-order valence-electron chi connectivity index (χ0n) is 34.4. The third-order valence-electron chi connectivity index (χ3n) is 11.9. The van der Waals surface area contributed by atoms with Gasteiger partial charge in [0.15, 0.2) is 12.6 Å². The largest absolute Gasteiger partial charge is 0.374 e. The predicted molar refractivity (Wildman–Crippen MR) is 227 cm³/mol. The van der Waals surface area contributed by atoms with Crippen molar-refractivity contribution < 1.29 is 42.7 Å². The molecule has 5 aromatic rings. The SMILES string of the molecule is C[C@@H]1O[C@@H]2COC(c3ccccc3)O[C@H]2[C@H](O[C@@H]2O[C@H](COCc3ccccc3)[C@@H](OCc3ccccc3)[C@H](OCc3ccccc3)[C@H]2N=[N+]=[N-])[C@H]1N1Cc2ccccc2C1=O. The molecule has 13 nitrogen and oxygen atoms in total. The van der Waals surface area contributed by atoms with E-state index in [0.29, 0.717) is 18.7 Å². The summed E-state index contributed by atoms with van der Waals surface area (Å²) in [7, 11) is 0. The van der Waals surface area contributed by atoms with E-state index in [4.69, 9.17) is 37.9 Å². The summed E-state index contributed by atoms with van der Waals surface area (Å²) in [6, 6.07) is 45.1. The number of hydrogen-bond acceptors (Lipinski definition) is 10. The van der Waals surface area contributed by atoms with Crippen molar-refractivity contribution in [3.63, 3.8) is 0 Å². The molecule has 3 saturated heterocycles. The van der Waals surface area contributed by atoms with Crippen LogP contribution < -0.4 is 0 Å². The van der Waals surface area contributed by atoms with Crippen LogP contribution in [0, 0.1) is 0 Å². The van der Waals surface area contributed by atoms with Crippen LogP contribution in [-0.2, 0) is 64.3 Å². The summed E-state index contributed by atoms with van der Waals surface area (Å²) in [5.74, 6) is -0.137. The first-order valence-electron chi connectivity index (χ1n) is 21.2. The quantitative estimate of drug-likeness (QED) is 0.0581. The minimum atomic E-state index is -1.20. The van der Waals surface area contributed by atoms with Crippen LogP contribution in [0.3, 0.4) is 0 Å². The number of benzene rings is 5. The lowest BCUT2D eigenvalue weighted by Gasteiger charge is -2.53. The third kappa shape index (κ3) is 9.32. The molecule has 4 aliphatic rings. The second-order valence-corrected chi connectivity index (χ2v) is 16.0. The van der Waals surface area contributed by atoms with Crippen molar-refractivity contribution in [1.29, 1.82) is 0 Å². The maximum absolute atomic E-state index is 14.3. The van der Waals surface area contributed by atoms with Crippen LogP contribution >= 0.6 is 0 Å². The van der Waals surface area contributed by atoms with Crippen molar-refractivity contribution in [3.8, 4) is 0 Å². The summed E-state index contributed by atoms with van der Waals surface area (Å²) in [6.45, 7) is 3.35. The van der Waals surface area contributed by atoms with Gasteiger partial charge in [0.2, 0.25) is 0 Å². The van der Waals surface area contributed by atoms with Gasteiger partial charge in [-0.3, -0.25) is 4.79 Å². The van der Waals surface area contributed by atoms with Crippen LogP contribution in [-0.4, -0.2) is 85.1 Å².